The Hall–Kier alpha value is -3.52. The molecule has 4 aliphatic heterocycles. The molecule has 12 heteroatoms. The van der Waals surface area contributed by atoms with E-state index in [0.29, 0.717) is 37.6 Å². The van der Waals surface area contributed by atoms with Crippen LogP contribution in [0.5, 0.6) is 0 Å². The molecule has 228 valence electrons. The first-order chi connectivity index (χ1) is 20.9. The molecule has 0 radical (unpaired) electrons. The van der Waals surface area contributed by atoms with Gasteiger partial charge in [0.05, 0.1) is 31.8 Å². The van der Waals surface area contributed by atoms with E-state index >= 15 is 0 Å². The lowest BCUT2D eigenvalue weighted by Gasteiger charge is -2.43. The minimum Gasteiger partial charge on any atom is -0.348 e. The van der Waals surface area contributed by atoms with E-state index in [1.54, 1.807) is 58.5 Å². The Morgan fingerprint density at radius 1 is 0.558 bits per heavy atom. The molecule has 0 unspecified atom stereocenters. The molecule has 0 aliphatic carbocycles. The lowest BCUT2D eigenvalue weighted by atomic mass is 9.90. The monoisotopic (exact) mass is 592 g/mol. The zero-order valence-corrected chi connectivity index (χ0v) is 23.9. The predicted octanol–water partition coefficient (Wildman–Crippen LogP) is 2.08. The van der Waals surface area contributed by atoms with Crippen molar-refractivity contribution in [3.8, 4) is 0 Å². The summed E-state index contributed by atoms with van der Waals surface area (Å²) in [6.07, 6.45) is 2.79. The molecule has 4 aliphatic rings. The highest BCUT2D eigenvalue weighted by molar-refractivity contribution is 6.43. The van der Waals surface area contributed by atoms with Gasteiger partial charge in [-0.3, -0.25) is 30.0 Å². The summed E-state index contributed by atoms with van der Waals surface area (Å²) in [6, 6.07) is 13.3. The lowest BCUT2D eigenvalue weighted by Crippen LogP contribution is -2.49. The molecule has 0 saturated carbocycles. The number of hydrazine groups is 2. The second kappa shape index (κ2) is 13.0. The van der Waals surface area contributed by atoms with Gasteiger partial charge in [0.2, 0.25) is 0 Å². The molecule has 0 bridgehead atoms. The minimum atomic E-state index is -0.637. The number of ketones is 2. The van der Waals surface area contributed by atoms with Crippen LogP contribution in [0.15, 0.2) is 48.5 Å². The second-order valence-electron chi connectivity index (χ2n) is 11.6. The molecule has 2 aromatic rings. The molecule has 4 heterocycles. The number of carbonyl (C=O) groups excluding carboxylic acids is 4. The van der Waals surface area contributed by atoms with Gasteiger partial charge in [0.25, 0.3) is 11.6 Å². The standard InChI is InChI=1S/C31H36N4O8/c36-25(27(38)32-34-13-1-2-14-34)21-5-9-23(10-6-21)29-40-17-31(18-41-29)19-42-30(43-20-31)24-11-7-22(8-12-24)26(37)28(39)33-35-15-3-4-16-35/h5-12,29-30H,1-4,13-20H2,(H,32,38)(H,33,39). The van der Waals surface area contributed by atoms with Gasteiger partial charge in [-0.2, -0.15) is 0 Å². The van der Waals surface area contributed by atoms with E-state index in [2.05, 4.69) is 10.9 Å². The largest absolute Gasteiger partial charge is 0.348 e. The maximum absolute atomic E-state index is 12.5. The van der Waals surface area contributed by atoms with Gasteiger partial charge in [-0.15, -0.1) is 0 Å². The fourth-order valence-corrected chi connectivity index (χ4v) is 5.63. The number of benzene rings is 2. The number of rotatable bonds is 8. The van der Waals surface area contributed by atoms with Crippen molar-refractivity contribution in [3.05, 3.63) is 70.8 Å². The van der Waals surface area contributed by atoms with Crippen LogP contribution >= 0.6 is 0 Å². The fourth-order valence-electron chi connectivity index (χ4n) is 5.63. The summed E-state index contributed by atoms with van der Waals surface area (Å²) in [4.78, 5) is 49.6. The van der Waals surface area contributed by atoms with Crippen molar-refractivity contribution in [1.29, 1.82) is 0 Å². The topological polar surface area (TPSA) is 136 Å². The quantitative estimate of drug-likeness (QED) is 0.347. The summed E-state index contributed by atoms with van der Waals surface area (Å²) in [5, 5.41) is 3.54. The Labute approximate surface area is 249 Å². The van der Waals surface area contributed by atoms with Crippen LogP contribution in [-0.4, -0.2) is 86.0 Å². The third-order valence-electron chi connectivity index (χ3n) is 8.20. The maximum atomic E-state index is 12.5. The maximum Gasteiger partial charge on any atom is 0.306 e. The van der Waals surface area contributed by atoms with Crippen molar-refractivity contribution in [2.75, 3.05) is 52.6 Å². The van der Waals surface area contributed by atoms with Crippen molar-refractivity contribution >= 4 is 23.4 Å². The first-order valence-corrected chi connectivity index (χ1v) is 14.8. The van der Waals surface area contributed by atoms with Crippen molar-refractivity contribution in [1.82, 2.24) is 20.9 Å². The normalized spacial score (nSPS) is 26.3. The van der Waals surface area contributed by atoms with Crippen LogP contribution in [0.1, 0.15) is 70.1 Å². The summed E-state index contributed by atoms with van der Waals surface area (Å²) in [7, 11) is 0. The van der Waals surface area contributed by atoms with Crippen LogP contribution in [0.2, 0.25) is 0 Å². The first-order valence-electron chi connectivity index (χ1n) is 14.8. The average Bonchev–Trinajstić information content (AvgIpc) is 3.76. The lowest BCUT2D eigenvalue weighted by molar-refractivity contribution is -0.307. The van der Waals surface area contributed by atoms with Crippen LogP contribution in [-0.2, 0) is 28.5 Å². The van der Waals surface area contributed by atoms with E-state index in [9.17, 15) is 19.2 Å². The van der Waals surface area contributed by atoms with Gasteiger partial charge in [0, 0.05) is 48.4 Å². The van der Waals surface area contributed by atoms with Crippen molar-refractivity contribution in [2.24, 2.45) is 5.41 Å². The van der Waals surface area contributed by atoms with Gasteiger partial charge in [-0.1, -0.05) is 48.5 Å². The fraction of sp³-hybridized carbons (Fsp3) is 0.484. The minimum absolute atomic E-state index is 0.301. The van der Waals surface area contributed by atoms with Gasteiger partial charge in [-0.25, -0.2) is 10.0 Å². The molecule has 1 spiro atoms. The van der Waals surface area contributed by atoms with Gasteiger partial charge >= 0.3 is 11.8 Å². The Kier molecular flexibility index (Phi) is 8.93. The average molecular weight is 593 g/mol. The number of hydrogen-bond acceptors (Lipinski definition) is 10. The highest BCUT2D eigenvalue weighted by atomic mass is 16.7. The molecule has 43 heavy (non-hydrogen) atoms. The molecule has 6 rings (SSSR count). The van der Waals surface area contributed by atoms with Gasteiger partial charge in [0.15, 0.2) is 12.6 Å². The Morgan fingerprint density at radius 3 is 1.21 bits per heavy atom. The highest BCUT2D eigenvalue weighted by Crippen LogP contribution is 2.38. The summed E-state index contributed by atoms with van der Waals surface area (Å²) in [6.45, 7) is 4.41. The predicted molar refractivity (Wildman–Crippen MR) is 151 cm³/mol. The van der Waals surface area contributed by atoms with Crippen molar-refractivity contribution < 1.29 is 38.1 Å². The van der Waals surface area contributed by atoms with Crippen LogP contribution in [0.25, 0.3) is 0 Å². The van der Waals surface area contributed by atoms with E-state index < -0.39 is 41.4 Å². The third kappa shape index (κ3) is 6.85. The van der Waals surface area contributed by atoms with Crippen molar-refractivity contribution in [3.63, 3.8) is 0 Å². The molecule has 0 atom stereocenters. The van der Waals surface area contributed by atoms with Crippen LogP contribution < -0.4 is 10.9 Å². The zero-order chi connectivity index (χ0) is 29.8. The van der Waals surface area contributed by atoms with E-state index in [1.807, 2.05) is 0 Å². The molecular weight excluding hydrogens is 556 g/mol. The number of nitrogens with zero attached hydrogens (tertiary/aromatic N) is 2. The third-order valence-corrected chi connectivity index (χ3v) is 8.20. The second-order valence-corrected chi connectivity index (χ2v) is 11.6. The first kappa shape index (κ1) is 29.5. The smallest absolute Gasteiger partial charge is 0.306 e. The molecule has 0 aromatic heterocycles. The van der Waals surface area contributed by atoms with Crippen molar-refractivity contribution in [2.45, 2.75) is 38.3 Å². The van der Waals surface area contributed by atoms with E-state index in [4.69, 9.17) is 18.9 Å². The summed E-state index contributed by atoms with van der Waals surface area (Å²) < 4.78 is 24.1. The van der Waals surface area contributed by atoms with Crippen LogP contribution in [0.3, 0.4) is 0 Å². The molecule has 2 aromatic carbocycles. The summed E-state index contributed by atoms with van der Waals surface area (Å²) in [5.41, 5.74) is 6.94. The van der Waals surface area contributed by atoms with E-state index in [0.717, 1.165) is 63.0 Å². The number of hydrogen-bond donors (Lipinski definition) is 2. The highest BCUT2D eigenvalue weighted by Gasteiger charge is 2.42. The Morgan fingerprint density at radius 2 is 0.884 bits per heavy atom. The molecule has 4 saturated heterocycles. The SMILES string of the molecule is O=C(NN1CCCC1)C(=O)c1ccc(C2OCC3(CO2)COC(c2ccc(C(=O)C(=O)NN4CCCC4)cc2)OC3)cc1. The summed E-state index contributed by atoms with van der Waals surface area (Å²) in [5.74, 6) is -2.44. The zero-order valence-electron chi connectivity index (χ0n) is 23.9. The number of Topliss-reactive ketones (excluding diaryl/α,β-unsaturated/α-hetero) is 2. The van der Waals surface area contributed by atoms with Crippen LogP contribution in [0, 0.1) is 5.41 Å². The number of ether oxygens (including phenoxy) is 4. The van der Waals surface area contributed by atoms with Crippen LogP contribution in [0.4, 0.5) is 0 Å². The van der Waals surface area contributed by atoms with E-state index in [1.165, 1.54) is 0 Å². The molecule has 12 nitrogen and oxygen atoms in total. The summed E-state index contributed by atoms with van der Waals surface area (Å²) >= 11 is 0. The van der Waals surface area contributed by atoms with Gasteiger partial charge in [0.1, 0.15) is 0 Å². The molecule has 2 N–H and O–H groups in total. The molecule has 2 amide bonds. The van der Waals surface area contributed by atoms with Gasteiger partial charge in [-0.05, 0) is 25.7 Å². The van der Waals surface area contributed by atoms with Gasteiger partial charge < -0.3 is 18.9 Å². The molecular formula is C31H36N4O8. The molecule has 4 fully saturated rings. The number of carbonyl (C=O) groups is 4. The Balaban J connectivity index is 0.965. The Bertz CT molecular complexity index is 1210. The van der Waals surface area contributed by atoms with E-state index in [-0.39, 0.29) is 0 Å². The number of nitrogens with one attached hydrogen (secondary N) is 2. The number of amides is 2.